The fourth-order valence-corrected chi connectivity index (χ4v) is 1.44. The van der Waals surface area contributed by atoms with E-state index in [0.717, 1.165) is 6.92 Å². The minimum absolute atomic E-state index is 0.131. The van der Waals surface area contributed by atoms with Gasteiger partial charge in [-0.3, -0.25) is 9.35 Å². The molecular weight excluding hydrogens is 286 g/mol. The van der Waals surface area contributed by atoms with Gasteiger partial charge in [-0.05, 0) is 0 Å². The van der Waals surface area contributed by atoms with E-state index >= 15 is 0 Å². The van der Waals surface area contributed by atoms with Crippen LogP contribution in [0.2, 0.25) is 0 Å². The molecule has 4 atom stereocenters. The highest BCUT2D eigenvalue weighted by molar-refractivity contribution is 7.80. The van der Waals surface area contributed by atoms with Gasteiger partial charge in [-0.15, -0.1) is 0 Å². The number of nitrogens with one attached hydrogen (secondary N) is 1. The minimum atomic E-state index is -4.82. The van der Waals surface area contributed by atoms with E-state index in [2.05, 4.69) is 4.18 Å². The first kappa shape index (κ1) is 17.9. The Hall–Kier alpha value is -1.11. The van der Waals surface area contributed by atoms with Crippen molar-refractivity contribution in [2.75, 3.05) is 6.61 Å². The Morgan fingerprint density at radius 1 is 1.32 bits per heavy atom. The fourth-order valence-electron chi connectivity index (χ4n) is 1.13. The summed E-state index contributed by atoms with van der Waals surface area (Å²) in [7, 11) is -4.82. The summed E-state index contributed by atoms with van der Waals surface area (Å²) in [5.41, 5.74) is 0. The van der Waals surface area contributed by atoms with Crippen LogP contribution in [0.5, 0.6) is 0 Å². The van der Waals surface area contributed by atoms with E-state index in [9.17, 15) is 33.3 Å². The van der Waals surface area contributed by atoms with Crippen LogP contribution in [-0.2, 0) is 24.2 Å². The lowest BCUT2D eigenvalue weighted by atomic mass is 10.0. The summed E-state index contributed by atoms with van der Waals surface area (Å²) in [4.78, 5) is 21.3. The Bertz CT molecular complexity index is 408. The SMILES string of the molecule is CC(=O)N[C@@H](C=O)[C@@H](O)[C@@H](O)[C@H](O)COS(=O)(=O)O. The van der Waals surface area contributed by atoms with Gasteiger partial charge in [0.15, 0.2) is 0 Å². The van der Waals surface area contributed by atoms with Crippen LogP contribution in [-0.4, -0.2) is 71.4 Å². The number of hydrogen-bond donors (Lipinski definition) is 5. The van der Waals surface area contributed by atoms with E-state index in [1.54, 1.807) is 0 Å². The molecule has 19 heavy (non-hydrogen) atoms. The Kier molecular flexibility index (Phi) is 7.04. The first-order valence-corrected chi connectivity index (χ1v) is 6.33. The highest BCUT2D eigenvalue weighted by Crippen LogP contribution is 2.06. The third-order valence-electron chi connectivity index (χ3n) is 2.02. The maximum atomic E-state index is 10.7. The van der Waals surface area contributed by atoms with E-state index in [0.29, 0.717) is 0 Å². The minimum Gasteiger partial charge on any atom is -0.388 e. The molecule has 0 rings (SSSR count). The molecule has 0 aliphatic rings. The lowest BCUT2D eigenvalue weighted by Crippen LogP contribution is -2.53. The molecule has 0 radical (unpaired) electrons. The molecule has 112 valence electrons. The molecule has 0 saturated heterocycles. The van der Waals surface area contributed by atoms with Gasteiger partial charge in [0, 0.05) is 6.92 Å². The van der Waals surface area contributed by atoms with E-state index in [4.69, 9.17) is 4.55 Å². The van der Waals surface area contributed by atoms with Gasteiger partial charge in [0.2, 0.25) is 5.91 Å². The summed E-state index contributed by atoms with van der Waals surface area (Å²) in [6.45, 7) is 0.0240. The van der Waals surface area contributed by atoms with Crippen molar-refractivity contribution in [3.63, 3.8) is 0 Å². The zero-order valence-corrected chi connectivity index (χ0v) is 10.6. The quantitative estimate of drug-likeness (QED) is 0.226. The summed E-state index contributed by atoms with van der Waals surface area (Å²) >= 11 is 0. The number of aliphatic hydroxyl groups is 3. The highest BCUT2D eigenvalue weighted by Gasteiger charge is 2.32. The Morgan fingerprint density at radius 2 is 1.84 bits per heavy atom. The van der Waals surface area contributed by atoms with Crippen molar-refractivity contribution in [2.45, 2.75) is 31.3 Å². The van der Waals surface area contributed by atoms with Crippen LogP contribution >= 0.6 is 0 Å². The van der Waals surface area contributed by atoms with Crippen LogP contribution in [0.25, 0.3) is 0 Å². The zero-order valence-electron chi connectivity index (χ0n) is 9.83. The van der Waals surface area contributed by atoms with Crippen LogP contribution in [0.15, 0.2) is 0 Å². The van der Waals surface area contributed by atoms with E-state index in [-0.39, 0.29) is 6.29 Å². The average molecular weight is 301 g/mol. The topological polar surface area (TPSA) is 170 Å². The predicted octanol–water partition coefficient (Wildman–Crippen LogP) is -3.41. The monoisotopic (exact) mass is 301 g/mol. The molecule has 5 N–H and O–H groups in total. The molecule has 0 aromatic heterocycles. The fraction of sp³-hybridized carbons (Fsp3) is 0.750. The molecular formula is C8H15NO9S. The second-order valence-electron chi connectivity index (χ2n) is 3.62. The van der Waals surface area contributed by atoms with E-state index in [1.165, 1.54) is 0 Å². The van der Waals surface area contributed by atoms with Crippen LogP contribution in [0, 0.1) is 0 Å². The zero-order chi connectivity index (χ0) is 15.2. The van der Waals surface area contributed by atoms with Gasteiger partial charge in [-0.2, -0.15) is 8.42 Å². The molecule has 0 aliphatic heterocycles. The molecule has 0 heterocycles. The standard InChI is InChI=1S/C8H15NO9S/c1-4(11)9-5(2-10)7(13)8(14)6(12)3-18-19(15,16)17/h2,5-8,12-14H,3H2,1H3,(H,9,11)(H,15,16,17)/t5-,6+,7+,8-/m0/s1. The maximum absolute atomic E-state index is 10.7. The van der Waals surface area contributed by atoms with Crippen molar-refractivity contribution in [1.82, 2.24) is 5.32 Å². The third-order valence-corrected chi connectivity index (χ3v) is 2.45. The normalized spacial score (nSPS) is 18.2. The number of aliphatic hydroxyl groups excluding tert-OH is 3. The number of amides is 1. The van der Waals surface area contributed by atoms with Gasteiger partial charge in [-0.25, -0.2) is 4.18 Å². The molecule has 0 aromatic carbocycles. The summed E-state index contributed by atoms with van der Waals surface area (Å²) in [5, 5.41) is 30.2. The largest absolute Gasteiger partial charge is 0.397 e. The Labute approximate surface area is 109 Å². The first-order valence-electron chi connectivity index (χ1n) is 4.97. The third kappa shape index (κ3) is 7.15. The van der Waals surface area contributed by atoms with Crippen molar-refractivity contribution in [1.29, 1.82) is 0 Å². The number of aldehydes is 1. The second-order valence-corrected chi connectivity index (χ2v) is 4.71. The second kappa shape index (κ2) is 7.47. The highest BCUT2D eigenvalue weighted by atomic mass is 32.3. The molecule has 0 aromatic rings. The molecule has 0 fully saturated rings. The summed E-state index contributed by atoms with van der Waals surface area (Å²) in [5.74, 6) is -0.660. The van der Waals surface area contributed by atoms with Crippen LogP contribution in [0.4, 0.5) is 0 Å². The molecule has 11 heteroatoms. The van der Waals surface area contributed by atoms with Crippen molar-refractivity contribution >= 4 is 22.6 Å². The summed E-state index contributed by atoms with van der Waals surface area (Å²) in [6, 6.07) is -1.49. The molecule has 0 unspecified atom stereocenters. The van der Waals surface area contributed by atoms with Crippen LogP contribution in [0.3, 0.4) is 0 Å². The molecule has 0 aliphatic carbocycles. The summed E-state index contributed by atoms with van der Waals surface area (Å²) < 4.78 is 32.5. The predicted molar refractivity (Wildman–Crippen MR) is 59.2 cm³/mol. The number of carbonyl (C=O) groups excluding carboxylic acids is 2. The Morgan fingerprint density at radius 3 is 2.21 bits per heavy atom. The van der Waals surface area contributed by atoms with Gasteiger partial charge in [-0.1, -0.05) is 0 Å². The number of carbonyl (C=O) groups is 2. The number of hydrogen-bond acceptors (Lipinski definition) is 8. The average Bonchev–Trinajstić information content (AvgIpc) is 2.29. The van der Waals surface area contributed by atoms with Crippen molar-refractivity contribution in [3.8, 4) is 0 Å². The van der Waals surface area contributed by atoms with Gasteiger partial charge in [0.1, 0.15) is 30.6 Å². The smallest absolute Gasteiger partial charge is 0.388 e. The molecule has 0 spiro atoms. The van der Waals surface area contributed by atoms with Crippen molar-refractivity contribution in [2.24, 2.45) is 0 Å². The van der Waals surface area contributed by atoms with Gasteiger partial charge >= 0.3 is 10.4 Å². The molecule has 0 saturated carbocycles. The van der Waals surface area contributed by atoms with E-state index < -0.39 is 47.3 Å². The van der Waals surface area contributed by atoms with Crippen LogP contribution in [0.1, 0.15) is 6.92 Å². The lowest BCUT2D eigenvalue weighted by Gasteiger charge is -2.26. The first-order chi connectivity index (χ1) is 8.58. The van der Waals surface area contributed by atoms with Gasteiger partial charge < -0.3 is 25.4 Å². The van der Waals surface area contributed by atoms with Crippen LogP contribution < -0.4 is 5.32 Å². The van der Waals surface area contributed by atoms with E-state index in [1.807, 2.05) is 5.32 Å². The Balaban J connectivity index is 4.55. The molecule has 10 nitrogen and oxygen atoms in total. The molecule has 1 amide bonds. The molecule has 0 bridgehead atoms. The van der Waals surface area contributed by atoms with Gasteiger partial charge in [0.05, 0.1) is 6.61 Å². The maximum Gasteiger partial charge on any atom is 0.397 e. The van der Waals surface area contributed by atoms with Crippen molar-refractivity contribution < 1.29 is 42.1 Å². The lowest BCUT2D eigenvalue weighted by molar-refractivity contribution is -0.129. The van der Waals surface area contributed by atoms with Gasteiger partial charge in [0.25, 0.3) is 0 Å². The summed E-state index contributed by atoms with van der Waals surface area (Å²) in [6.07, 6.45) is -5.65. The number of rotatable bonds is 8. The van der Waals surface area contributed by atoms with Crippen molar-refractivity contribution in [3.05, 3.63) is 0 Å².